The summed E-state index contributed by atoms with van der Waals surface area (Å²) in [7, 11) is 0. The van der Waals surface area contributed by atoms with Crippen molar-refractivity contribution in [3.8, 4) is 5.75 Å². The number of nitrogens with zero attached hydrogens (tertiary/aromatic N) is 2. The van der Waals surface area contributed by atoms with Gasteiger partial charge in [-0.15, -0.1) is 0 Å². The number of anilines is 2. The van der Waals surface area contributed by atoms with Crippen LogP contribution in [0.1, 0.15) is 5.56 Å². The van der Waals surface area contributed by atoms with Gasteiger partial charge in [-0.25, -0.2) is 9.97 Å². The highest BCUT2D eigenvalue weighted by atomic mass is 16.3. The minimum atomic E-state index is 0.202. The third-order valence-corrected chi connectivity index (χ3v) is 3.02. The van der Waals surface area contributed by atoms with Crippen LogP contribution < -0.4 is 5.32 Å². The lowest BCUT2D eigenvalue weighted by molar-refractivity contribution is 0.476. The van der Waals surface area contributed by atoms with E-state index in [2.05, 4.69) is 15.3 Å². The lowest BCUT2D eigenvalue weighted by atomic mass is 10.2. The third kappa shape index (κ3) is 2.20. The molecule has 0 aliphatic heterocycles. The minimum Gasteiger partial charge on any atom is -0.508 e. The summed E-state index contributed by atoms with van der Waals surface area (Å²) in [5.41, 5.74) is 2.87. The molecule has 0 aliphatic rings. The Hall–Kier alpha value is -2.62. The molecule has 19 heavy (non-hydrogen) atoms. The number of para-hydroxylation sites is 1. The fraction of sp³-hybridized carbons (Fsp3) is 0.0667. The lowest BCUT2D eigenvalue weighted by Crippen LogP contribution is -1.97. The molecule has 1 heterocycles. The molecule has 3 rings (SSSR count). The second-order valence-corrected chi connectivity index (χ2v) is 4.36. The molecule has 1 aromatic heterocycles. The first-order chi connectivity index (χ1) is 9.24. The Balaban J connectivity index is 2.09. The van der Waals surface area contributed by atoms with Crippen molar-refractivity contribution >= 4 is 22.4 Å². The number of phenols is 1. The van der Waals surface area contributed by atoms with Gasteiger partial charge in [0.2, 0.25) is 0 Å². The van der Waals surface area contributed by atoms with Crippen LogP contribution in [-0.4, -0.2) is 15.1 Å². The van der Waals surface area contributed by atoms with Gasteiger partial charge in [-0.2, -0.15) is 0 Å². The topological polar surface area (TPSA) is 58.0 Å². The number of aromatic nitrogens is 2. The zero-order chi connectivity index (χ0) is 13.2. The molecular weight excluding hydrogens is 238 g/mol. The number of benzene rings is 2. The van der Waals surface area contributed by atoms with Crippen LogP contribution in [0.3, 0.4) is 0 Å². The Bertz CT molecular complexity index is 740. The molecule has 0 saturated heterocycles. The number of aryl methyl sites for hydroxylation is 1. The van der Waals surface area contributed by atoms with Crippen LogP contribution in [0.4, 0.5) is 11.5 Å². The quantitative estimate of drug-likeness (QED) is 0.733. The maximum absolute atomic E-state index is 9.47. The number of hydrogen-bond acceptors (Lipinski definition) is 4. The van der Waals surface area contributed by atoms with Crippen molar-refractivity contribution in [1.82, 2.24) is 9.97 Å². The maximum Gasteiger partial charge on any atom is 0.141 e. The molecule has 0 spiro atoms. The maximum atomic E-state index is 9.47. The summed E-state index contributed by atoms with van der Waals surface area (Å²) >= 11 is 0. The Labute approximate surface area is 110 Å². The van der Waals surface area contributed by atoms with E-state index in [1.807, 2.05) is 37.3 Å². The monoisotopic (exact) mass is 251 g/mol. The number of hydrogen-bond donors (Lipinski definition) is 2. The van der Waals surface area contributed by atoms with E-state index in [1.165, 1.54) is 6.33 Å². The van der Waals surface area contributed by atoms with Crippen LogP contribution in [-0.2, 0) is 0 Å². The van der Waals surface area contributed by atoms with Crippen LogP contribution in [0.2, 0.25) is 0 Å². The Morgan fingerprint density at radius 3 is 2.74 bits per heavy atom. The van der Waals surface area contributed by atoms with Crippen molar-refractivity contribution in [3.63, 3.8) is 0 Å². The van der Waals surface area contributed by atoms with Gasteiger partial charge in [-0.1, -0.05) is 18.2 Å². The first-order valence-corrected chi connectivity index (χ1v) is 6.00. The highest BCUT2D eigenvalue weighted by Gasteiger charge is 2.05. The molecule has 0 unspecified atom stereocenters. The molecule has 0 saturated carbocycles. The fourth-order valence-electron chi connectivity index (χ4n) is 1.99. The standard InChI is InChI=1S/C15H13N3O/c1-10-4-2-3-5-13(10)18-15-12-7-6-11(19)8-14(12)16-9-17-15/h2-9,19H,1H3,(H,16,17,18). The van der Waals surface area contributed by atoms with Gasteiger partial charge < -0.3 is 10.4 Å². The molecule has 4 heteroatoms. The average Bonchev–Trinajstić information content (AvgIpc) is 2.41. The highest BCUT2D eigenvalue weighted by molar-refractivity contribution is 5.91. The Morgan fingerprint density at radius 2 is 1.89 bits per heavy atom. The van der Waals surface area contributed by atoms with E-state index >= 15 is 0 Å². The zero-order valence-corrected chi connectivity index (χ0v) is 10.5. The van der Waals surface area contributed by atoms with Crippen molar-refractivity contribution < 1.29 is 5.11 Å². The van der Waals surface area contributed by atoms with Gasteiger partial charge in [0.15, 0.2) is 0 Å². The lowest BCUT2D eigenvalue weighted by Gasteiger charge is -2.10. The van der Waals surface area contributed by atoms with E-state index < -0.39 is 0 Å². The Morgan fingerprint density at radius 1 is 1.05 bits per heavy atom. The molecule has 0 bridgehead atoms. The normalized spacial score (nSPS) is 10.6. The van der Waals surface area contributed by atoms with Crippen LogP contribution in [0.15, 0.2) is 48.8 Å². The molecule has 2 N–H and O–H groups in total. The molecular formula is C15H13N3O. The summed E-state index contributed by atoms with van der Waals surface area (Å²) in [6.45, 7) is 2.04. The van der Waals surface area contributed by atoms with Crippen molar-refractivity contribution in [2.24, 2.45) is 0 Å². The van der Waals surface area contributed by atoms with Crippen LogP contribution in [0.5, 0.6) is 5.75 Å². The van der Waals surface area contributed by atoms with Crippen LogP contribution in [0.25, 0.3) is 10.9 Å². The summed E-state index contributed by atoms with van der Waals surface area (Å²) in [4.78, 5) is 8.42. The summed E-state index contributed by atoms with van der Waals surface area (Å²) in [5, 5.41) is 13.7. The average molecular weight is 251 g/mol. The molecule has 3 aromatic rings. The molecule has 94 valence electrons. The largest absolute Gasteiger partial charge is 0.508 e. The second kappa shape index (κ2) is 4.57. The van der Waals surface area contributed by atoms with Gasteiger partial charge in [0.1, 0.15) is 17.9 Å². The molecule has 0 aliphatic carbocycles. The van der Waals surface area contributed by atoms with Gasteiger partial charge >= 0.3 is 0 Å². The first kappa shape index (κ1) is 11.5. The zero-order valence-electron chi connectivity index (χ0n) is 10.5. The molecule has 0 fully saturated rings. The number of nitrogens with one attached hydrogen (secondary N) is 1. The van der Waals surface area contributed by atoms with Crippen molar-refractivity contribution in [1.29, 1.82) is 0 Å². The number of rotatable bonds is 2. The smallest absolute Gasteiger partial charge is 0.141 e. The summed E-state index contributed by atoms with van der Waals surface area (Å²) in [5.74, 6) is 0.937. The van der Waals surface area contributed by atoms with Crippen molar-refractivity contribution in [2.45, 2.75) is 6.92 Å². The first-order valence-electron chi connectivity index (χ1n) is 6.00. The van der Waals surface area contributed by atoms with E-state index in [9.17, 15) is 5.11 Å². The van der Waals surface area contributed by atoms with Crippen LogP contribution in [0, 0.1) is 6.92 Å². The van der Waals surface area contributed by atoms with E-state index in [0.717, 1.165) is 22.5 Å². The van der Waals surface area contributed by atoms with Crippen molar-refractivity contribution in [2.75, 3.05) is 5.32 Å². The SMILES string of the molecule is Cc1ccccc1Nc1ncnc2cc(O)ccc12. The molecule has 0 radical (unpaired) electrons. The number of phenolic OH excluding ortho intramolecular Hbond substituents is 1. The van der Waals surface area contributed by atoms with Gasteiger partial charge in [0.25, 0.3) is 0 Å². The van der Waals surface area contributed by atoms with Gasteiger partial charge in [0.05, 0.1) is 5.52 Å². The predicted molar refractivity (Wildman–Crippen MR) is 75.7 cm³/mol. The fourth-order valence-corrected chi connectivity index (χ4v) is 1.99. The number of fused-ring (bicyclic) bond motifs is 1. The van der Waals surface area contributed by atoms with E-state index in [1.54, 1.807) is 12.1 Å². The van der Waals surface area contributed by atoms with Crippen LogP contribution >= 0.6 is 0 Å². The van der Waals surface area contributed by atoms with E-state index in [4.69, 9.17) is 0 Å². The van der Waals surface area contributed by atoms with Gasteiger partial charge in [-0.3, -0.25) is 0 Å². The Kier molecular flexibility index (Phi) is 2.76. The molecule has 0 atom stereocenters. The van der Waals surface area contributed by atoms with E-state index in [0.29, 0.717) is 5.52 Å². The summed E-state index contributed by atoms with van der Waals surface area (Å²) in [6, 6.07) is 13.1. The summed E-state index contributed by atoms with van der Waals surface area (Å²) in [6.07, 6.45) is 1.49. The highest BCUT2D eigenvalue weighted by Crippen LogP contribution is 2.26. The summed E-state index contributed by atoms with van der Waals surface area (Å²) < 4.78 is 0. The van der Waals surface area contributed by atoms with Crippen molar-refractivity contribution in [3.05, 3.63) is 54.4 Å². The predicted octanol–water partition coefficient (Wildman–Crippen LogP) is 3.39. The van der Waals surface area contributed by atoms with Gasteiger partial charge in [0, 0.05) is 17.1 Å². The molecule has 0 amide bonds. The second-order valence-electron chi connectivity index (χ2n) is 4.36. The molecule has 4 nitrogen and oxygen atoms in total. The van der Waals surface area contributed by atoms with E-state index in [-0.39, 0.29) is 5.75 Å². The third-order valence-electron chi connectivity index (χ3n) is 3.02. The molecule has 2 aromatic carbocycles. The number of aromatic hydroxyl groups is 1. The minimum absolute atomic E-state index is 0.202. The van der Waals surface area contributed by atoms with Gasteiger partial charge in [-0.05, 0) is 30.7 Å².